The van der Waals surface area contributed by atoms with Gasteiger partial charge in [0, 0.05) is 18.8 Å². The summed E-state index contributed by atoms with van der Waals surface area (Å²) in [7, 11) is 0. The predicted molar refractivity (Wildman–Crippen MR) is 65.3 cm³/mol. The van der Waals surface area contributed by atoms with Crippen molar-refractivity contribution in [1.82, 2.24) is 5.32 Å². The van der Waals surface area contributed by atoms with Gasteiger partial charge >= 0.3 is 0 Å². The van der Waals surface area contributed by atoms with Crippen LogP contribution in [0.5, 0.6) is 0 Å². The van der Waals surface area contributed by atoms with Gasteiger partial charge in [0.2, 0.25) is 0 Å². The zero-order valence-corrected chi connectivity index (χ0v) is 9.45. The molecule has 0 radical (unpaired) electrons. The average Bonchev–Trinajstić information content (AvgIpc) is 2.80. The van der Waals surface area contributed by atoms with E-state index in [0.717, 1.165) is 12.5 Å². The highest BCUT2D eigenvalue weighted by molar-refractivity contribution is 5.45. The first-order valence-electron chi connectivity index (χ1n) is 5.91. The fraction of sp³-hybridized carbons (Fsp3) is 0.538. The normalized spacial score (nSPS) is 20.5. The Hall–Kier alpha value is -1.02. The molecule has 0 aromatic heterocycles. The zero-order valence-electron chi connectivity index (χ0n) is 9.45. The van der Waals surface area contributed by atoms with E-state index in [4.69, 9.17) is 0 Å². The Bertz CT molecular complexity index is 278. The van der Waals surface area contributed by atoms with Gasteiger partial charge in [-0.3, -0.25) is 0 Å². The third kappa shape index (κ3) is 2.72. The van der Waals surface area contributed by atoms with Crippen LogP contribution in [0.2, 0.25) is 0 Å². The fourth-order valence-electron chi connectivity index (χ4n) is 2.24. The van der Waals surface area contributed by atoms with Crippen LogP contribution in [0.3, 0.4) is 0 Å². The number of hydrogen-bond donors (Lipinski definition) is 1. The summed E-state index contributed by atoms with van der Waals surface area (Å²) in [5, 5.41) is 3.43. The van der Waals surface area contributed by atoms with E-state index in [-0.39, 0.29) is 0 Å². The molecule has 1 saturated heterocycles. The molecule has 1 unspecified atom stereocenters. The smallest absolute Gasteiger partial charge is 0.0366 e. The molecule has 2 heteroatoms. The summed E-state index contributed by atoms with van der Waals surface area (Å²) in [6.07, 6.45) is 1.32. The summed E-state index contributed by atoms with van der Waals surface area (Å²) in [6, 6.07) is 10.7. The van der Waals surface area contributed by atoms with Crippen LogP contribution in [0.15, 0.2) is 30.3 Å². The van der Waals surface area contributed by atoms with E-state index in [1.165, 1.54) is 31.7 Å². The molecule has 2 nitrogen and oxygen atoms in total. The molecular weight excluding hydrogens is 184 g/mol. The van der Waals surface area contributed by atoms with Crippen LogP contribution in [0.4, 0.5) is 5.69 Å². The molecule has 0 bridgehead atoms. The molecule has 82 valence electrons. The molecule has 0 saturated carbocycles. The van der Waals surface area contributed by atoms with Gasteiger partial charge in [-0.1, -0.05) is 18.2 Å². The average molecular weight is 204 g/mol. The van der Waals surface area contributed by atoms with Crippen molar-refractivity contribution in [2.45, 2.75) is 13.3 Å². The number of anilines is 1. The van der Waals surface area contributed by atoms with Crippen LogP contribution < -0.4 is 10.2 Å². The van der Waals surface area contributed by atoms with Crippen molar-refractivity contribution in [2.24, 2.45) is 5.92 Å². The SMILES string of the molecule is CCN(CC1CCNC1)c1ccccc1. The highest BCUT2D eigenvalue weighted by Crippen LogP contribution is 2.17. The van der Waals surface area contributed by atoms with E-state index in [0.29, 0.717) is 0 Å². The maximum atomic E-state index is 3.43. The first-order valence-corrected chi connectivity index (χ1v) is 5.91. The first kappa shape index (κ1) is 10.5. The van der Waals surface area contributed by atoms with E-state index >= 15 is 0 Å². The standard InChI is InChI=1S/C13H20N2/c1-2-15(11-12-8-9-14-10-12)13-6-4-3-5-7-13/h3-7,12,14H,2,8-11H2,1H3. The third-order valence-corrected chi connectivity index (χ3v) is 3.14. The number of para-hydroxylation sites is 1. The third-order valence-electron chi connectivity index (χ3n) is 3.14. The molecule has 1 fully saturated rings. The lowest BCUT2D eigenvalue weighted by atomic mass is 10.1. The summed E-state index contributed by atoms with van der Waals surface area (Å²) >= 11 is 0. The van der Waals surface area contributed by atoms with Crippen LogP contribution in [-0.2, 0) is 0 Å². The number of rotatable bonds is 4. The summed E-state index contributed by atoms with van der Waals surface area (Å²) in [5.41, 5.74) is 1.35. The molecule has 1 heterocycles. The van der Waals surface area contributed by atoms with Gasteiger partial charge in [0.15, 0.2) is 0 Å². The van der Waals surface area contributed by atoms with Crippen molar-refractivity contribution in [3.05, 3.63) is 30.3 Å². The van der Waals surface area contributed by atoms with Gasteiger partial charge in [-0.15, -0.1) is 0 Å². The molecule has 1 aliphatic heterocycles. The van der Waals surface area contributed by atoms with Gasteiger partial charge in [0.05, 0.1) is 0 Å². The fourth-order valence-corrected chi connectivity index (χ4v) is 2.24. The summed E-state index contributed by atoms with van der Waals surface area (Å²) < 4.78 is 0. The molecule has 0 aliphatic carbocycles. The van der Waals surface area contributed by atoms with E-state index in [2.05, 4.69) is 47.5 Å². The highest BCUT2D eigenvalue weighted by atomic mass is 15.1. The number of nitrogens with zero attached hydrogens (tertiary/aromatic N) is 1. The molecule has 1 aliphatic rings. The van der Waals surface area contributed by atoms with Crippen molar-refractivity contribution in [2.75, 3.05) is 31.1 Å². The first-order chi connectivity index (χ1) is 7.40. The van der Waals surface area contributed by atoms with Gasteiger partial charge in [0.25, 0.3) is 0 Å². The minimum atomic E-state index is 0.824. The molecule has 0 spiro atoms. The minimum Gasteiger partial charge on any atom is -0.371 e. The number of hydrogen-bond acceptors (Lipinski definition) is 2. The summed E-state index contributed by atoms with van der Waals surface area (Å²) in [6.45, 7) is 6.89. The maximum Gasteiger partial charge on any atom is 0.0366 e. The van der Waals surface area contributed by atoms with Crippen LogP contribution in [0.25, 0.3) is 0 Å². The van der Waals surface area contributed by atoms with Gasteiger partial charge < -0.3 is 10.2 Å². The molecular formula is C13H20N2. The second-order valence-corrected chi connectivity index (χ2v) is 4.23. The van der Waals surface area contributed by atoms with Crippen molar-refractivity contribution in [3.8, 4) is 0 Å². The Morgan fingerprint density at radius 1 is 1.33 bits per heavy atom. The summed E-state index contributed by atoms with van der Waals surface area (Å²) in [5.74, 6) is 0.824. The van der Waals surface area contributed by atoms with Crippen molar-refractivity contribution < 1.29 is 0 Å². The monoisotopic (exact) mass is 204 g/mol. The topological polar surface area (TPSA) is 15.3 Å². The quantitative estimate of drug-likeness (QED) is 0.808. The Morgan fingerprint density at radius 3 is 2.73 bits per heavy atom. The summed E-state index contributed by atoms with van der Waals surface area (Å²) in [4.78, 5) is 2.47. The molecule has 1 aromatic rings. The molecule has 1 N–H and O–H groups in total. The van der Waals surface area contributed by atoms with E-state index in [1.807, 2.05) is 0 Å². The highest BCUT2D eigenvalue weighted by Gasteiger charge is 2.17. The van der Waals surface area contributed by atoms with Gasteiger partial charge in [-0.25, -0.2) is 0 Å². The molecule has 1 atom stereocenters. The second kappa shape index (κ2) is 5.17. The second-order valence-electron chi connectivity index (χ2n) is 4.23. The predicted octanol–water partition coefficient (Wildman–Crippen LogP) is 2.12. The lowest BCUT2D eigenvalue weighted by molar-refractivity contribution is 0.565. The lowest BCUT2D eigenvalue weighted by Gasteiger charge is -2.26. The van der Waals surface area contributed by atoms with Gasteiger partial charge in [-0.05, 0) is 44.5 Å². The molecule has 0 amide bonds. The number of benzene rings is 1. The molecule has 2 rings (SSSR count). The van der Waals surface area contributed by atoms with Crippen molar-refractivity contribution >= 4 is 5.69 Å². The van der Waals surface area contributed by atoms with Crippen LogP contribution in [0, 0.1) is 5.92 Å². The van der Waals surface area contributed by atoms with E-state index in [9.17, 15) is 0 Å². The van der Waals surface area contributed by atoms with Gasteiger partial charge in [0.1, 0.15) is 0 Å². The van der Waals surface area contributed by atoms with Crippen molar-refractivity contribution in [3.63, 3.8) is 0 Å². The lowest BCUT2D eigenvalue weighted by Crippen LogP contribution is -2.30. The molecule has 1 aromatic carbocycles. The maximum absolute atomic E-state index is 3.43. The Kier molecular flexibility index (Phi) is 3.62. The van der Waals surface area contributed by atoms with Crippen LogP contribution >= 0.6 is 0 Å². The number of nitrogens with one attached hydrogen (secondary N) is 1. The van der Waals surface area contributed by atoms with E-state index < -0.39 is 0 Å². The van der Waals surface area contributed by atoms with E-state index in [1.54, 1.807) is 0 Å². The zero-order chi connectivity index (χ0) is 10.5. The van der Waals surface area contributed by atoms with Gasteiger partial charge in [-0.2, -0.15) is 0 Å². The Balaban J connectivity index is 1.97. The van der Waals surface area contributed by atoms with Crippen molar-refractivity contribution in [1.29, 1.82) is 0 Å². The molecule has 15 heavy (non-hydrogen) atoms. The largest absolute Gasteiger partial charge is 0.371 e. The Labute approximate surface area is 92.3 Å². The van der Waals surface area contributed by atoms with Crippen LogP contribution in [0.1, 0.15) is 13.3 Å². The van der Waals surface area contributed by atoms with Crippen LogP contribution in [-0.4, -0.2) is 26.2 Å². The Morgan fingerprint density at radius 2 is 2.13 bits per heavy atom. The minimum absolute atomic E-state index is 0.824.